The second-order valence-electron chi connectivity index (χ2n) is 4.76. The molecule has 0 bridgehead atoms. The number of hydrogen-bond donors (Lipinski definition) is 2. The molecule has 2 atom stereocenters. The standard InChI is InChI=1S/C15H19FN2OS/c1-3-13(15-18-10(2)9-20-15)17-8-14(19)11-4-6-12(16)7-5-11/h4-7,9,13-14,17,19H,3,8H2,1-2H3/t13-,14-/m0/s1. The van der Waals surface area contributed by atoms with E-state index in [0.29, 0.717) is 12.1 Å². The van der Waals surface area contributed by atoms with Crippen LogP contribution in [0.25, 0.3) is 0 Å². The molecule has 5 heteroatoms. The Labute approximate surface area is 122 Å². The Bertz CT molecular complexity index is 541. The molecule has 3 nitrogen and oxygen atoms in total. The number of thiazole rings is 1. The van der Waals surface area contributed by atoms with E-state index in [2.05, 4.69) is 17.2 Å². The number of rotatable bonds is 6. The first-order chi connectivity index (χ1) is 9.60. The number of aryl methyl sites for hydroxylation is 1. The molecule has 2 rings (SSSR count). The Hall–Kier alpha value is -1.30. The van der Waals surface area contributed by atoms with Crippen molar-refractivity contribution in [3.05, 3.63) is 51.7 Å². The van der Waals surface area contributed by atoms with Gasteiger partial charge in [0.15, 0.2) is 0 Å². The molecule has 108 valence electrons. The van der Waals surface area contributed by atoms with Crippen LogP contribution >= 0.6 is 11.3 Å². The molecule has 2 aromatic rings. The van der Waals surface area contributed by atoms with Gasteiger partial charge in [-0.25, -0.2) is 9.37 Å². The van der Waals surface area contributed by atoms with Crippen LogP contribution in [-0.2, 0) is 0 Å². The number of nitrogens with zero attached hydrogens (tertiary/aromatic N) is 1. The Morgan fingerprint density at radius 2 is 2.05 bits per heavy atom. The van der Waals surface area contributed by atoms with Gasteiger partial charge < -0.3 is 10.4 Å². The number of halogens is 1. The quantitative estimate of drug-likeness (QED) is 0.858. The molecule has 0 saturated carbocycles. The van der Waals surface area contributed by atoms with Crippen LogP contribution in [0.2, 0.25) is 0 Å². The van der Waals surface area contributed by atoms with Crippen molar-refractivity contribution in [2.45, 2.75) is 32.4 Å². The third-order valence-electron chi connectivity index (χ3n) is 3.16. The van der Waals surface area contributed by atoms with Gasteiger partial charge in [0.05, 0.1) is 12.1 Å². The second-order valence-corrected chi connectivity index (χ2v) is 5.65. The molecule has 0 amide bonds. The predicted molar refractivity (Wildman–Crippen MR) is 79.2 cm³/mol. The summed E-state index contributed by atoms with van der Waals surface area (Å²) in [6.07, 6.45) is 0.258. The highest BCUT2D eigenvalue weighted by molar-refractivity contribution is 7.09. The molecule has 2 N–H and O–H groups in total. The van der Waals surface area contributed by atoms with Crippen LogP contribution in [0, 0.1) is 12.7 Å². The molecule has 0 radical (unpaired) electrons. The largest absolute Gasteiger partial charge is 0.387 e. The zero-order valence-electron chi connectivity index (χ0n) is 11.6. The van der Waals surface area contributed by atoms with Crippen LogP contribution < -0.4 is 5.32 Å². The molecule has 0 aliphatic rings. The van der Waals surface area contributed by atoms with E-state index >= 15 is 0 Å². The Kier molecular flexibility index (Phi) is 5.23. The van der Waals surface area contributed by atoms with Gasteiger partial charge in [0.25, 0.3) is 0 Å². The summed E-state index contributed by atoms with van der Waals surface area (Å²) in [5.74, 6) is -0.293. The van der Waals surface area contributed by atoms with Gasteiger partial charge in [-0.3, -0.25) is 0 Å². The molecule has 0 aliphatic heterocycles. The highest BCUT2D eigenvalue weighted by Crippen LogP contribution is 2.22. The average Bonchev–Trinajstić information content (AvgIpc) is 2.86. The minimum atomic E-state index is -0.647. The smallest absolute Gasteiger partial charge is 0.123 e. The third kappa shape index (κ3) is 3.85. The summed E-state index contributed by atoms with van der Waals surface area (Å²) < 4.78 is 12.8. The van der Waals surface area contributed by atoms with Gasteiger partial charge in [-0.1, -0.05) is 19.1 Å². The summed E-state index contributed by atoms with van der Waals surface area (Å²) in [6.45, 7) is 4.47. The fourth-order valence-corrected chi connectivity index (χ4v) is 2.95. The van der Waals surface area contributed by atoms with Crippen molar-refractivity contribution >= 4 is 11.3 Å². The molecule has 0 unspecified atom stereocenters. The first-order valence-electron chi connectivity index (χ1n) is 6.69. The zero-order valence-corrected chi connectivity index (χ0v) is 12.5. The normalized spacial score (nSPS) is 14.2. The molecule has 1 heterocycles. The molecule has 1 aromatic heterocycles. The molecule has 1 aromatic carbocycles. The van der Waals surface area contributed by atoms with Gasteiger partial charge in [0.2, 0.25) is 0 Å². The number of aromatic nitrogens is 1. The van der Waals surface area contributed by atoms with Crippen LogP contribution in [0.1, 0.15) is 41.8 Å². The highest BCUT2D eigenvalue weighted by atomic mass is 32.1. The van der Waals surface area contributed by atoms with Gasteiger partial charge in [0, 0.05) is 17.6 Å². The van der Waals surface area contributed by atoms with Crippen molar-refractivity contribution in [3.63, 3.8) is 0 Å². The van der Waals surface area contributed by atoms with Gasteiger partial charge in [-0.2, -0.15) is 0 Å². The zero-order chi connectivity index (χ0) is 14.5. The lowest BCUT2D eigenvalue weighted by molar-refractivity contribution is 0.169. The van der Waals surface area contributed by atoms with Crippen molar-refractivity contribution in [1.82, 2.24) is 10.3 Å². The number of hydrogen-bond acceptors (Lipinski definition) is 4. The van der Waals surface area contributed by atoms with E-state index in [0.717, 1.165) is 17.1 Å². The number of aliphatic hydroxyl groups is 1. The van der Waals surface area contributed by atoms with E-state index in [1.807, 2.05) is 12.3 Å². The van der Waals surface area contributed by atoms with Crippen molar-refractivity contribution in [2.24, 2.45) is 0 Å². The topological polar surface area (TPSA) is 45.1 Å². The van der Waals surface area contributed by atoms with Gasteiger partial charge in [0.1, 0.15) is 10.8 Å². The van der Waals surface area contributed by atoms with Crippen LogP contribution in [0.5, 0.6) is 0 Å². The predicted octanol–water partition coefficient (Wildman–Crippen LogP) is 3.36. The fraction of sp³-hybridized carbons (Fsp3) is 0.400. The fourth-order valence-electron chi connectivity index (χ4n) is 2.00. The molecule has 0 fully saturated rings. The van der Waals surface area contributed by atoms with Crippen LogP contribution in [-0.4, -0.2) is 16.6 Å². The van der Waals surface area contributed by atoms with E-state index in [1.165, 1.54) is 12.1 Å². The Morgan fingerprint density at radius 1 is 1.35 bits per heavy atom. The molecule has 0 spiro atoms. The second kappa shape index (κ2) is 6.92. The lowest BCUT2D eigenvalue weighted by atomic mass is 10.1. The first kappa shape index (κ1) is 15.1. The summed E-state index contributed by atoms with van der Waals surface area (Å²) in [6, 6.07) is 6.08. The van der Waals surface area contributed by atoms with E-state index in [-0.39, 0.29) is 11.9 Å². The number of nitrogens with one attached hydrogen (secondary N) is 1. The van der Waals surface area contributed by atoms with Gasteiger partial charge in [-0.05, 0) is 31.0 Å². The summed E-state index contributed by atoms with van der Waals surface area (Å²) in [5.41, 5.74) is 1.73. The van der Waals surface area contributed by atoms with E-state index in [4.69, 9.17) is 0 Å². The first-order valence-corrected chi connectivity index (χ1v) is 7.57. The SMILES string of the molecule is CC[C@H](NC[C@H](O)c1ccc(F)cc1)c1nc(C)cs1. The lowest BCUT2D eigenvalue weighted by Crippen LogP contribution is -2.26. The van der Waals surface area contributed by atoms with Gasteiger partial charge in [-0.15, -0.1) is 11.3 Å². The summed E-state index contributed by atoms with van der Waals surface area (Å²) >= 11 is 1.63. The van der Waals surface area contributed by atoms with Gasteiger partial charge >= 0.3 is 0 Å². The Morgan fingerprint density at radius 3 is 2.60 bits per heavy atom. The summed E-state index contributed by atoms with van der Waals surface area (Å²) in [4.78, 5) is 4.47. The summed E-state index contributed by atoms with van der Waals surface area (Å²) in [7, 11) is 0. The van der Waals surface area contributed by atoms with Crippen molar-refractivity contribution in [1.29, 1.82) is 0 Å². The highest BCUT2D eigenvalue weighted by Gasteiger charge is 2.15. The molecular formula is C15H19FN2OS. The third-order valence-corrected chi connectivity index (χ3v) is 4.23. The number of benzene rings is 1. The minimum absolute atomic E-state index is 0.142. The maximum absolute atomic E-state index is 12.8. The van der Waals surface area contributed by atoms with E-state index in [1.54, 1.807) is 23.5 Å². The minimum Gasteiger partial charge on any atom is -0.387 e. The van der Waals surface area contributed by atoms with Crippen molar-refractivity contribution in [2.75, 3.05) is 6.54 Å². The van der Waals surface area contributed by atoms with Crippen molar-refractivity contribution in [3.8, 4) is 0 Å². The Balaban J connectivity index is 1.94. The molecule has 20 heavy (non-hydrogen) atoms. The molecule has 0 saturated heterocycles. The van der Waals surface area contributed by atoms with Crippen LogP contribution in [0.15, 0.2) is 29.6 Å². The number of aliphatic hydroxyl groups excluding tert-OH is 1. The summed E-state index contributed by atoms with van der Waals surface area (Å²) in [5, 5.41) is 16.5. The average molecular weight is 294 g/mol. The maximum atomic E-state index is 12.8. The van der Waals surface area contributed by atoms with E-state index < -0.39 is 6.10 Å². The maximum Gasteiger partial charge on any atom is 0.123 e. The van der Waals surface area contributed by atoms with Crippen LogP contribution in [0.4, 0.5) is 4.39 Å². The monoisotopic (exact) mass is 294 g/mol. The van der Waals surface area contributed by atoms with E-state index in [9.17, 15) is 9.50 Å². The van der Waals surface area contributed by atoms with Crippen molar-refractivity contribution < 1.29 is 9.50 Å². The molecular weight excluding hydrogens is 275 g/mol. The van der Waals surface area contributed by atoms with Crippen LogP contribution in [0.3, 0.4) is 0 Å². The lowest BCUT2D eigenvalue weighted by Gasteiger charge is -2.18. The molecule has 0 aliphatic carbocycles.